The van der Waals surface area contributed by atoms with E-state index >= 15 is 0 Å². The molecule has 1 saturated heterocycles. The third kappa shape index (κ3) is 5.40. The molecule has 1 fully saturated rings. The van der Waals surface area contributed by atoms with E-state index in [0.717, 1.165) is 35.2 Å². The molecular weight excluding hydrogens is 491 g/mol. The highest BCUT2D eigenvalue weighted by Gasteiger charge is 2.39. The van der Waals surface area contributed by atoms with Crippen LogP contribution in [0.15, 0.2) is 42.5 Å². The molecule has 3 aromatic rings. The lowest BCUT2D eigenvalue weighted by Gasteiger charge is -2.41. The van der Waals surface area contributed by atoms with E-state index in [1.54, 1.807) is 17.0 Å². The number of fused-ring (bicyclic) bond motifs is 3. The smallest absolute Gasteiger partial charge is 0.387 e. The van der Waals surface area contributed by atoms with Crippen molar-refractivity contribution in [2.24, 2.45) is 0 Å². The molecule has 0 bridgehead atoms. The van der Waals surface area contributed by atoms with Gasteiger partial charge in [-0.3, -0.25) is 14.2 Å². The van der Waals surface area contributed by atoms with Crippen LogP contribution in [-0.4, -0.2) is 72.8 Å². The van der Waals surface area contributed by atoms with Gasteiger partial charge < -0.3 is 15.0 Å². The Morgan fingerprint density at radius 2 is 1.89 bits per heavy atom. The number of anilines is 1. The zero-order valence-electron chi connectivity index (χ0n) is 20.6. The molecule has 2 unspecified atom stereocenters. The molecule has 10 heteroatoms. The van der Waals surface area contributed by atoms with Crippen LogP contribution in [0, 0.1) is 0 Å². The third-order valence-electron chi connectivity index (χ3n) is 7.33. The fourth-order valence-corrected chi connectivity index (χ4v) is 5.70. The topological polar surface area (TPSA) is 43.5 Å². The van der Waals surface area contributed by atoms with Crippen molar-refractivity contribution in [2.45, 2.75) is 50.9 Å². The number of hydrogen-bond donors (Lipinski definition) is 2. The van der Waals surface area contributed by atoms with Crippen LogP contribution in [0.1, 0.15) is 36.2 Å². The van der Waals surface area contributed by atoms with E-state index in [1.165, 1.54) is 6.07 Å². The number of para-hydroxylation sites is 1. The van der Waals surface area contributed by atoms with Crippen molar-refractivity contribution in [1.29, 1.82) is 0 Å². The summed E-state index contributed by atoms with van der Waals surface area (Å²) in [4.78, 5) is 7.16. The molecule has 1 aromatic heterocycles. The highest BCUT2D eigenvalue weighted by Crippen LogP contribution is 2.44. The number of alkyl halides is 5. The van der Waals surface area contributed by atoms with Crippen LogP contribution in [-0.2, 0) is 6.42 Å². The van der Waals surface area contributed by atoms with Gasteiger partial charge in [0.25, 0.3) is 6.43 Å². The molecule has 2 aliphatic heterocycles. The van der Waals surface area contributed by atoms with Crippen molar-refractivity contribution in [3.63, 3.8) is 0 Å². The molecular formula is C27H31F5N4O. The number of aromatic nitrogens is 1. The van der Waals surface area contributed by atoms with Crippen LogP contribution < -0.4 is 10.1 Å². The maximum atomic E-state index is 13.7. The first kappa shape index (κ1) is 25.8. The minimum absolute atomic E-state index is 0.0448. The lowest BCUT2D eigenvalue weighted by Crippen LogP contribution is -2.54. The van der Waals surface area contributed by atoms with Crippen LogP contribution in [0.5, 0.6) is 5.75 Å². The predicted molar refractivity (Wildman–Crippen MR) is 134 cm³/mol. The quantitative estimate of drug-likeness (QED) is 0.329. The molecule has 0 aliphatic carbocycles. The van der Waals surface area contributed by atoms with Crippen molar-refractivity contribution in [3.05, 3.63) is 59.3 Å². The first-order valence-electron chi connectivity index (χ1n) is 12.6. The summed E-state index contributed by atoms with van der Waals surface area (Å²) in [6, 6.07) is 11.9. The molecule has 3 heterocycles. The van der Waals surface area contributed by atoms with Gasteiger partial charge in [0.15, 0.2) is 0 Å². The van der Waals surface area contributed by atoms with Gasteiger partial charge in [0.1, 0.15) is 5.75 Å². The number of likely N-dealkylation sites (tertiary alicyclic amines) is 1. The summed E-state index contributed by atoms with van der Waals surface area (Å²) in [5, 5.41) is 4.32. The molecule has 0 saturated carbocycles. The van der Waals surface area contributed by atoms with Crippen molar-refractivity contribution < 1.29 is 26.7 Å². The highest BCUT2D eigenvalue weighted by molar-refractivity contribution is 5.85. The molecule has 0 spiro atoms. The second kappa shape index (κ2) is 10.9. The van der Waals surface area contributed by atoms with Crippen LogP contribution in [0.2, 0.25) is 0 Å². The lowest BCUT2D eigenvalue weighted by atomic mass is 9.88. The number of halogens is 5. The van der Waals surface area contributed by atoms with Gasteiger partial charge in [-0.2, -0.15) is 8.78 Å². The molecule has 5 rings (SSSR count). The maximum Gasteiger partial charge on any atom is 0.387 e. The van der Waals surface area contributed by atoms with E-state index in [1.807, 2.05) is 31.2 Å². The van der Waals surface area contributed by atoms with Gasteiger partial charge in [-0.15, -0.1) is 0 Å². The number of hydrogen-bond acceptors (Lipinski definition) is 4. The van der Waals surface area contributed by atoms with Crippen LogP contribution >= 0.6 is 0 Å². The summed E-state index contributed by atoms with van der Waals surface area (Å²) in [6.45, 7) is 0.104. The van der Waals surface area contributed by atoms with Gasteiger partial charge in [-0.1, -0.05) is 24.3 Å². The molecule has 37 heavy (non-hydrogen) atoms. The molecule has 2 N–H and O–H groups in total. The second-order valence-electron chi connectivity index (χ2n) is 9.88. The van der Waals surface area contributed by atoms with E-state index in [2.05, 4.69) is 15.2 Å². The van der Waals surface area contributed by atoms with E-state index in [-0.39, 0.29) is 24.5 Å². The Balaban J connectivity index is 1.50. The van der Waals surface area contributed by atoms with E-state index < -0.39 is 25.6 Å². The van der Waals surface area contributed by atoms with Crippen molar-refractivity contribution in [2.75, 3.05) is 38.2 Å². The number of aromatic amines is 1. The summed E-state index contributed by atoms with van der Waals surface area (Å²) < 4.78 is 71.8. The molecule has 200 valence electrons. The normalized spacial score (nSPS) is 21.0. The molecule has 2 aliphatic rings. The largest absolute Gasteiger partial charge is 0.434 e. The Morgan fingerprint density at radius 3 is 2.62 bits per heavy atom. The summed E-state index contributed by atoms with van der Waals surface area (Å²) in [5.41, 5.74) is 3.62. The summed E-state index contributed by atoms with van der Waals surface area (Å²) in [7, 11) is 0. The summed E-state index contributed by atoms with van der Waals surface area (Å²) in [6.07, 6.45) is -1.54. The lowest BCUT2D eigenvalue weighted by molar-refractivity contribution is -0.0515. The van der Waals surface area contributed by atoms with Crippen molar-refractivity contribution in [3.8, 4) is 5.75 Å². The monoisotopic (exact) mass is 522 g/mol. The standard InChI is InChI=1S/C27H31F5N4O/c1-16-11-21-19-5-2-3-6-22(19)34-25(21)26(36(16)15-24(29)30)20-8-7-17(12-23(20)37-27(31)32)33-18-13-35(14-18)10-4-9-28/h2-3,5-8,12,16,18,24,26-27,33-34H,4,9-11,13-15H2,1H3. The van der Waals surface area contributed by atoms with Crippen LogP contribution in [0.4, 0.5) is 27.6 Å². The second-order valence-corrected chi connectivity index (χ2v) is 9.88. The first-order chi connectivity index (χ1) is 17.8. The number of nitrogens with one attached hydrogen (secondary N) is 2. The third-order valence-corrected chi connectivity index (χ3v) is 7.33. The zero-order chi connectivity index (χ0) is 26.1. The first-order valence-corrected chi connectivity index (χ1v) is 12.6. The van der Waals surface area contributed by atoms with Gasteiger partial charge >= 0.3 is 6.61 Å². The minimum Gasteiger partial charge on any atom is -0.434 e. The Labute approximate surface area is 212 Å². The Morgan fingerprint density at radius 1 is 1.11 bits per heavy atom. The fraction of sp³-hybridized carbons (Fsp3) is 0.481. The Bertz CT molecular complexity index is 1210. The highest BCUT2D eigenvalue weighted by atomic mass is 19.3. The van der Waals surface area contributed by atoms with Gasteiger partial charge in [0.2, 0.25) is 0 Å². The number of H-pyrrole nitrogens is 1. The van der Waals surface area contributed by atoms with E-state index in [0.29, 0.717) is 30.6 Å². The minimum atomic E-state index is -3.07. The van der Waals surface area contributed by atoms with Gasteiger partial charge in [0, 0.05) is 59.6 Å². The van der Waals surface area contributed by atoms with Crippen LogP contribution in [0.25, 0.3) is 10.9 Å². The fourth-order valence-electron chi connectivity index (χ4n) is 5.70. The zero-order valence-corrected chi connectivity index (χ0v) is 20.6. The van der Waals surface area contributed by atoms with Gasteiger partial charge in [0.05, 0.1) is 25.3 Å². The number of nitrogens with zero attached hydrogens (tertiary/aromatic N) is 2. The Kier molecular flexibility index (Phi) is 7.57. The van der Waals surface area contributed by atoms with Crippen LogP contribution in [0.3, 0.4) is 0 Å². The van der Waals surface area contributed by atoms with Crippen molar-refractivity contribution >= 4 is 16.6 Å². The van der Waals surface area contributed by atoms with E-state index in [4.69, 9.17) is 4.74 Å². The molecule has 0 radical (unpaired) electrons. The average molecular weight is 523 g/mol. The summed E-state index contributed by atoms with van der Waals surface area (Å²) >= 11 is 0. The van der Waals surface area contributed by atoms with E-state index in [9.17, 15) is 22.0 Å². The SMILES string of the molecule is CC1Cc2c([nH]c3ccccc23)C(c2ccc(NC3CN(CCCF)C3)cc2OC(F)F)N1CC(F)F. The van der Waals surface area contributed by atoms with Gasteiger partial charge in [-0.25, -0.2) is 8.78 Å². The Hall–Kier alpha value is -2.85. The predicted octanol–water partition coefficient (Wildman–Crippen LogP) is 5.83. The molecule has 2 atom stereocenters. The molecule has 2 aromatic carbocycles. The summed E-state index contributed by atoms with van der Waals surface area (Å²) in [5.74, 6) is -0.0448. The van der Waals surface area contributed by atoms with Gasteiger partial charge in [-0.05, 0) is 37.5 Å². The number of benzene rings is 2. The van der Waals surface area contributed by atoms with Crippen molar-refractivity contribution in [1.82, 2.24) is 14.8 Å². The maximum absolute atomic E-state index is 13.7. The average Bonchev–Trinajstić information content (AvgIpc) is 3.19. The number of rotatable bonds is 10. The molecule has 5 nitrogen and oxygen atoms in total. The number of ether oxygens (including phenoxy) is 1. The molecule has 0 amide bonds.